The SMILES string of the molecule is COc1cc(S(C)=O)ccc1C=CC1=NNC(=O)CC1C. The minimum Gasteiger partial charge on any atom is -0.496 e. The predicted molar refractivity (Wildman–Crippen MR) is 83.7 cm³/mol. The molecule has 2 rings (SSSR count). The number of hydrogen-bond acceptors (Lipinski definition) is 4. The number of amides is 1. The Hall–Kier alpha value is -1.95. The molecule has 5 nitrogen and oxygen atoms in total. The van der Waals surface area contributed by atoms with Crippen LogP contribution in [0.2, 0.25) is 0 Å². The molecule has 0 aliphatic carbocycles. The molecule has 6 heteroatoms. The van der Waals surface area contributed by atoms with Crippen LogP contribution in [0.25, 0.3) is 6.08 Å². The van der Waals surface area contributed by atoms with Crippen molar-refractivity contribution in [1.29, 1.82) is 0 Å². The first kappa shape index (κ1) is 15.4. The second kappa shape index (κ2) is 6.67. The second-order valence-electron chi connectivity index (χ2n) is 4.87. The lowest BCUT2D eigenvalue weighted by atomic mass is 9.99. The van der Waals surface area contributed by atoms with Crippen LogP contribution >= 0.6 is 0 Å². The summed E-state index contributed by atoms with van der Waals surface area (Å²) < 4.78 is 16.8. The van der Waals surface area contributed by atoms with E-state index < -0.39 is 10.8 Å². The number of benzene rings is 1. The summed E-state index contributed by atoms with van der Waals surface area (Å²) in [5.74, 6) is 0.683. The summed E-state index contributed by atoms with van der Waals surface area (Å²) in [5.41, 5.74) is 4.17. The summed E-state index contributed by atoms with van der Waals surface area (Å²) in [6.45, 7) is 1.96. The molecule has 0 saturated carbocycles. The molecular weight excluding hydrogens is 288 g/mol. The molecule has 1 heterocycles. The van der Waals surface area contributed by atoms with E-state index in [9.17, 15) is 9.00 Å². The molecule has 21 heavy (non-hydrogen) atoms. The molecule has 0 spiro atoms. The molecule has 1 aliphatic rings. The third-order valence-corrected chi connectivity index (χ3v) is 4.19. The first-order valence-electron chi connectivity index (χ1n) is 6.57. The predicted octanol–water partition coefficient (Wildman–Crippen LogP) is 1.96. The highest BCUT2D eigenvalue weighted by Gasteiger charge is 2.18. The van der Waals surface area contributed by atoms with Gasteiger partial charge < -0.3 is 4.74 Å². The van der Waals surface area contributed by atoms with Crippen molar-refractivity contribution >= 4 is 28.5 Å². The first-order valence-corrected chi connectivity index (χ1v) is 8.13. The highest BCUT2D eigenvalue weighted by molar-refractivity contribution is 7.84. The van der Waals surface area contributed by atoms with E-state index in [1.807, 2.05) is 31.2 Å². The molecule has 0 aromatic heterocycles. The van der Waals surface area contributed by atoms with Gasteiger partial charge in [-0.1, -0.05) is 13.0 Å². The fourth-order valence-corrected chi connectivity index (χ4v) is 2.58. The van der Waals surface area contributed by atoms with E-state index in [0.29, 0.717) is 12.2 Å². The van der Waals surface area contributed by atoms with Gasteiger partial charge in [0.05, 0.1) is 12.8 Å². The Balaban J connectivity index is 2.25. The van der Waals surface area contributed by atoms with Crippen LogP contribution in [0.5, 0.6) is 5.75 Å². The minimum atomic E-state index is -1.04. The van der Waals surface area contributed by atoms with Crippen molar-refractivity contribution in [2.75, 3.05) is 13.4 Å². The number of hydrogen-bond donors (Lipinski definition) is 1. The molecule has 0 bridgehead atoms. The van der Waals surface area contributed by atoms with Crippen molar-refractivity contribution in [3.8, 4) is 5.75 Å². The average molecular weight is 306 g/mol. The van der Waals surface area contributed by atoms with Crippen molar-refractivity contribution < 1.29 is 13.7 Å². The van der Waals surface area contributed by atoms with Gasteiger partial charge in [0.25, 0.3) is 0 Å². The Labute approximate surface area is 126 Å². The molecule has 1 N–H and O–H groups in total. The van der Waals surface area contributed by atoms with Crippen molar-refractivity contribution in [2.24, 2.45) is 11.0 Å². The second-order valence-corrected chi connectivity index (χ2v) is 6.25. The van der Waals surface area contributed by atoms with Crippen LogP contribution in [0.1, 0.15) is 18.9 Å². The number of rotatable bonds is 4. The minimum absolute atomic E-state index is 0.0630. The number of nitrogens with zero attached hydrogens (tertiary/aromatic N) is 1. The molecule has 1 amide bonds. The van der Waals surface area contributed by atoms with Gasteiger partial charge in [-0.05, 0) is 24.3 Å². The fourth-order valence-electron chi connectivity index (χ4n) is 2.05. The van der Waals surface area contributed by atoms with E-state index in [0.717, 1.165) is 16.2 Å². The summed E-state index contributed by atoms with van der Waals surface area (Å²) in [7, 11) is 0.537. The van der Waals surface area contributed by atoms with Crippen LogP contribution in [0, 0.1) is 5.92 Å². The standard InChI is InChI=1S/C15H18N2O3S/c1-10-8-15(18)17-16-13(10)7-5-11-4-6-12(21(3)19)9-14(11)20-2/h4-7,9-10H,8H2,1-3H3,(H,17,18). The topological polar surface area (TPSA) is 67.8 Å². The van der Waals surface area contributed by atoms with Crippen molar-refractivity contribution in [1.82, 2.24) is 5.43 Å². The van der Waals surface area contributed by atoms with Gasteiger partial charge >= 0.3 is 0 Å². The van der Waals surface area contributed by atoms with Gasteiger partial charge in [-0.15, -0.1) is 0 Å². The van der Waals surface area contributed by atoms with Crippen molar-refractivity contribution in [3.05, 3.63) is 29.8 Å². The lowest BCUT2D eigenvalue weighted by Gasteiger charge is -2.16. The Bertz CT molecular complexity index is 638. The summed E-state index contributed by atoms with van der Waals surface area (Å²) in [4.78, 5) is 11.9. The quantitative estimate of drug-likeness (QED) is 0.924. The largest absolute Gasteiger partial charge is 0.496 e. The Kier molecular flexibility index (Phi) is 4.90. The zero-order valence-corrected chi connectivity index (χ0v) is 13.1. The number of hydrazone groups is 1. The molecule has 2 unspecified atom stereocenters. The van der Waals surface area contributed by atoms with E-state index in [2.05, 4.69) is 10.5 Å². The molecular formula is C15H18N2O3S. The molecule has 2 atom stereocenters. The van der Waals surface area contributed by atoms with Crippen molar-refractivity contribution in [3.63, 3.8) is 0 Å². The van der Waals surface area contributed by atoms with Gasteiger partial charge in [-0.25, -0.2) is 5.43 Å². The Morgan fingerprint density at radius 2 is 2.19 bits per heavy atom. The third kappa shape index (κ3) is 3.78. The van der Waals surface area contributed by atoms with Crippen LogP contribution < -0.4 is 10.2 Å². The summed E-state index contributed by atoms with van der Waals surface area (Å²) in [6, 6.07) is 5.44. The Morgan fingerprint density at radius 3 is 2.81 bits per heavy atom. The van der Waals surface area contributed by atoms with Gasteiger partial charge in [0.1, 0.15) is 5.75 Å². The molecule has 1 aromatic carbocycles. The van der Waals surface area contributed by atoms with Crippen LogP contribution in [0.15, 0.2) is 34.3 Å². The highest BCUT2D eigenvalue weighted by Crippen LogP contribution is 2.23. The number of ether oxygens (including phenoxy) is 1. The first-order chi connectivity index (χ1) is 10.0. The summed E-state index contributed by atoms with van der Waals surface area (Å²) >= 11 is 0. The lowest BCUT2D eigenvalue weighted by Crippen LogP contribution is -2.30. The normalized spacial score (nSPS) is 20.0. The van der Waals surface area contributed by atoms with E-state index in [4.69, 9.17) is 4.74 Å². The maximum Gasteiger partial charge on any atom is 0.240 e. The van der Waals surface area contributed by atoms with Gasteiger partial charge in [-0.2, -0.15) is 5.10 Å². The molecule has 0 saturated heterocycles. The maximum absolute atomic E-state index is 11.5. The van der Waals surface area contributed by atoms with Gasteiger partial charge in [-0.3, -0.25) is 9.00 Å². The molecule has 1 aliphatic heterocycles. The molecule has 0 radical (unpaired) electrons. The van der Waals surface area contributed by atoms with Crippen molar-refractivity contribution in [2.45, 2.75) is 18.2 Å². The number of methoxy groups -OCH3 is 1. The molecule has 0 fully saturated rings. The lowest BCUT2D eigenvalue weighted by molar-refractivity contribution is -0.121. The van der Waals surface area contributed by atoms with E-state index in [-0.39, 0.29) is 11.8 Å². The monoisotopic (exact) mass is 306 g/mol. The molecule has 112 valence electrons. The smallest absolute Gasteiger partial charge is 0.240 e. The molecule has 1 aromatic rings. The van der Waals surface area contributed by atoms with Crippen LogP contribution in [0.4, 0.5) is 0 Å². The number of nitrogens with one attached hydrogen (secondary N) is 1. The Morgan fingerprint density at radius 1 is 1.43 bits per heavy atom. The maximum atomic E-state index is 11.5. The zero-order valence-electron chi connectivity index (χ0n) is 12.3. The van der Waals surface area contributed by atoms with Crippen LogP contribution in [0.3, 0.4) is 0 Å². The van der Waals surface area contributed by atoms with E-state index in [1.165, 1.54) is 0 Å². The van der Waals surface area contributed by atoms with Gasteiger partial charge in [0, 0.05) is 39.9 Å². The van der Waals surface area contributed by atoms with Gasteiger partial charge in [0.2, 0.25) is 5.91 Å². The highest BCUT2D eigenvalue weighted by atomic mass is 32.2. The zero-order chi connectivity index (χ0) is 15.4. The van der Waals surface area contributed by atoms with E-state index >= 15 is 0 Å². The fraction of sp³-hybridized carbons (Fsp3) is 0.333. The van der Waals surface area contributed by atoms with Gasteiger partial charge in [0.15, 0.2) is 0 Å². The van der Waals surface area contributed by atoms with E-state index in [1.54, 1.807) is 19.4 Å². The summed E-state index contributed by atoms with van der Waals surface area (Å²) in [6.07, 6.45) is 5.82. The van der Waals surface area contributed by atoms with Crippen LogP contribution in [-0.4, -0.2) is 29.2 Å². The number of carbonyl (C=O) groups is 1. The third-order valence-electron chi connectivity index (χ3n) is 3.28. The summed E-state index contributed by atoms with van der Waals surface area (Å²) in [5, 5.41) is 4.05. The average Bonchev–Trinajstić information content (AvgIpc) is 2.46. The van der Waals surface area contributed by atoms with Crippen LogP contribution in [-0.2, 0) is 15.6 Å². The number of carbonyl (C=O) groups excluding carboxylic acids is 1. The number of allylic oxidation sites excluding steroid dienone is 1.